The number of fused-ring (bicyclic) bond motifs is 2. The number of nitrogens with one attached hydrogen (secondary N) is 3. The van der Waals surface area contributed by atoms with Crippen LogP contribution in [0.15, 0.2) is 53.6 Å². The monoisotopic (exact) mass is 277 g/mol. The van der Waals surface area contributed by atoms with Crippen molar-refractivity contribution < 1.29 is 4.74 Å². The van der Waals surface area contributed by atoms with Gasteiger partial charge in [0.2, 0.25) is 5.90 Å². The summed E-state index contributed by atoms with van der Waals surface area (Å²) in [6, 6.07) is 15.0. The van der Waals surface area contributed by atoms with Crippen LogP contribution in [0.1, 0.15) is 5.82 Å². The van der Waals surface area contributed by atoms with Crippen LogP contribution in [0.2, 0.25) is 0 Å². The first kappa shape index (κ1) is 11.7. The number of rotatable bonds is 1. The number of hydrazone groups is 1. The van der Waals surface area contributed by atoms with Gasteiger partial charge in [0, 0.05) is 0 Å². The third kappa shape index (κ3) is 1.93. The van der Waals surface area contributed by atoms with E-state index in [0.29, 0.717) is 23.0 Å². The Labute approximate surface area is 120 Å². The van der Waals surface area contributed by atoms with Gasteiger partial charge < -0.3 is 9.72 Å². The summed E-state index contributed by atoms with van der Waals surface area (Å²) >= 11 is 0. The summed E-state index contributed by atoms with van der Waals surface area (Å²) in [5.74, 6) is 1.02. The lowest BCUT2D eigenvalue weighted by atomic mass is 10.3. The fraction of sp³-hybridized carbons (Fsp3) is 0. The van der Waals surface area contributed by atoms with E-state index in [1.54, 1.807) is 6.07 Å². The smallest absolute Gasteiger partial charge is 0.243 e. The molecule has 102 valence electrons. The average Bonchev–Trinajstić information content (AvgIpc) is 2.84. The molecule has 1 aliphatic heterocycles. The molecular weight excluding hydrogens is 266 g/mol. The van der Waals surface area contributed by atoms with Crippen molar-refractivity contribution in [3.05, 3.63) is 54.4 Å². The highest BCUT2D eigenvalue weighted by Gasteiger charge is 2.21. The summed E-state index contributed by atoms with van der Waals surface area (Å²) in [4.78, 5) is 7.59. The number of ether oxygens (including phenoxy) is 1. The van der Waals surface area contributed by atoms with Crippen LogP contribution < -0.4 is 10.2 Å². The quantitative estimate of drug-likeness (QED) is 0.639. The molecule has 0 saturated carbocycles. The van der Waals surface area contributed by atoms with Gasteiger partial charge in [0.25, 0.3) is 0 Å². The average molecular weight is 277 g/mol. The number of benzene rings is 2. The minimum Gasteiger partial charge on any atom is -0.435 e. The van der Waals surface area contributed by atoms with Crippen LogP contribution in [0.5, 0.6) is 5.75 Å². The molecule has 0 amide bonds. The second-order valence-corrected chi connectivity index (χ2v) is 4.60. The maximum Gasteiger partial charge on any atom is 0.243 e. The Morgan fingerprint density at radius 3 is 2.71 bits per heavy atom. The molecule has 0 aliphatic carbocycles. The van der Waals surface area contributed by atoms with Gasteiger partial charge in [-0.05, 0) is 24.3 Å². The molecule has 4 rings (SSSR count). The highest BCUT2D eigenvalue weighted by atomic mass is 16.5. The zero-order chi connectivity index (χ0) is 14.2. The maximum atomic E-state index is 8.07. The first-order valence-electron chi connectivity index (χ1n) is 6.46. The minimum atomic E-state index is -0.0495. The van der Waals surface area contributed by atoms with Crippen molar-refractivity contribution in [2.75, 3.05) is 5.43 Å². The molecule has 21 heavy (non-hydrogen) atoms. The fourth-order valence-electron chi connectivity index (χ4n) is 2.20. The molecule has 0 fully saturated rings. The standard InChI is InChI=1S/C15H11N5O/c16-14-13(15-17-9-5-1-2-6-10(9)18-15)20-19-11-7-3-4-8-12(11)21-14/h1-8,16,19H,(H,17,18). The summed E-state index contributed by atoms with van der Waals surface area (Å²) in [6.45, 7) is 0. The number of hydrogen-bond acceptors (Lipinski definition) is 5. The Hall–Kier alpha value is -3.15. The van der Waals surface area contributed by atoms with E-state index in [4.69, 9.17) is 10.1 Å². The number of aromatic nitrogens is 2. The number of nitrogens with zero attached hydrogens (tertiary/aromatic N) is 2. The van der Waals surface area contributed by atoms with E-state index in [2.05, 4.69) is 20.5 Å². The molecule has 3 N–H and O–H groups in total. The largest absolute Gasteiger partial charge is 0.435 e. The van der Waals surface area contributed by atoms with Gasteiger partial charge in [0.1, 0.15) is 0 Å². The van der Waals surface area contributed by atoms with Crippen molar-refractivity contribution in [2.45, 2.75) is 0 Å². The van der Waals surface area contributed by atoms with Gasteiger partial charge in [-0.1, -0.05) is 24.3 Å². The highest BCUT2D eigenvalue weighted by Crippen LogP contribution is 2.26. The normalized spacial score (nSPS) is 13.9. The number of hydrogen-bond donors (Lipinski definition) is 3. The van der Waals surface area contributed by atoms with E-state index >= 15 is 0 Å². The minimum absolute atomic E-state index is 0.0495. The number of H-pyrrole nitrogens is 1. The molecule has 2 aromatic carbocycles. The predicted octanol–water partition coefficient (Wildman–Crippen LogP) is 2.75. The molecule has 0 unspecified atom stereocenters. The van der Waals surface area contributed by atoms with Gasteiger partial charge in [-0.15, -0.1) is 0 Å². The van der Waals surface area contributed by atoms with E-state index in [9.17, 15) is 0 Å². The van der Waals surface area contributed by atoms with Crippen molar-refractivity contribution in [3.8, 4) is 5.75 Å². The zero-order valence-corrected chi connectivity index (χ0v) is 10.9. The molecule has 6 heteroatoms. The Kier molecular flexibility index (Phi) is 2.47. The highest BCUT2D eigenvalue weighted by molar-refractivity contribution is 6.44. The van der Waals surface area contributed by atoms with Crippen molar-refractivity contribution in [1.29, 1.82) is 5.41 Å². The molecule has 2 heterocycles. The topological polar surface area (TPSA) is 86.2 Å². The first-order chi connectivity index (χ1) is 10.3. The number of imidazole rings is 1. The number of aromatic amines is 1. The molecule has 0 radical (unpaired) electrons. The van der Waals surface area contributed by atoms with Crippen molar-refractivity contribution in [2.24, 2.45) is 5.10 Å². The molecule has 0 bridgehead atoms. The van der Waals surface area contributed by atoms with E-state index in [1.807, 2.05) is 42.5 Å². The number of anilines is 1. The second kappa shape index (κ2) is 4.45. The van der Waals surface area contributed by atoms with E-state index in [1.165, 1.54) is 0 Å². The summed E-state index contributed by atoms with van der Waals surface area (Å²) in [7, 11) is 0. The fourth-order valence-corrected chi connectivity index (χ4v) is 2.20. The van der Waals surface area contributed by atoms with Crippen LogP contribution in [0.25, 0.3) is 11.0 Å². The van der Waals surface area contributed by atoms with Crippen LogP contribution in [-0.4, -0.2) is 21.6 Å². The van der Waals surface area contributed by atoms with Crippen LogP contribution in [0.3, 0.4) is 0 Å². The molecule has 1 aromatic heterocycles. The van der Waals surface area contributed by atoms with Crippen LogP contribution >= 0.6 is 0 Å². The Morgan fingerprint density at radius 2 is 1.81 bits per heavy atom. The molecular formula is C15H11N5O. The predicted molar refractivity (Wildman–Crippen MR) is 81.1 cm³/mol. The summed E-state index contributed by atoms with van der Waals surface area (Å²) < 4.78 is 5.55. The molecule has 3 aromatic rings. The van der Waals surface area contributed by atoms with Gasteiger partial charge in [-0.25, -0.2) is 4.98 Å². The summed E-state index contributed by atoms with van der Waals surface area (Å²) in [6.07, 6.45) is 0. The van der Waals surface area contributed by atoms with E-state index in [0.717, 1.165) is 11.0 Å². The Morgan fingerprint density at radius 1 is 1.00 bits per heavy atom. The van der Waals surface area contributed by atoms with Gasteiger partial charge in [-0.2, -0.15) is 5.10 Å². The molecule has 0 saturated heterocycles. The van der Waals surface area contributed by atoms with Gasteiger partial charge in [0.05, 0.1) is 16.7 Å². The number of para-hydroxylation sites is 4. The SMILES string of the molecule is N=C1Oc2ccccc2NN=C1c1nc2ccccc2[nH]1. The summed E-state index contributed by atoms with van der Waals surface area (Å²) in [5.41, 5.74) is 5.68. The summed E-state index contributed by atoms with van der Waals surface area (Å²) in [5, 5.41) is 12.3. The van der Waals surface area contributed by atoms with Gasteiger partial charge >= 0.3 is 0 Å². The third-order valence-corrected chi connectivity index (χ3v) is 3.22. The lowest BCUT2D eigenvalue weighted by Crippen LogP contribution is -2.21. The molecule has 1 aliphatic rings. The van der Waals surface area contributed by atoms with Crippen LogP contribution in [-0.2, 0) is 0 Å². The van der Waals surface area contributed by atoms with E-state index in [-0.39, 0.29) is 5.90 Å². The van der Waals surface area contributed by atoms with Crippen molar-refractivity contribution >= 4 is 28.3 Å². The molecule has 0 atom stereocenters. The maximum absolute atomic E-state index is 8.07. The van der Waals surface area contributed by atoms with Crippen molar-refractivity contribution in [3.63, 3.8) is 0 Å². The lowest BCUT2D eigenvalue weighted by molar-refractivity contribution is 0.560. The van der Waals surface area contributed by atoms with Gasteiger partial charge in [-0.3, -0.25) is 10.8 Å². The zero-order valence-electron chi connectivity index (χ0n) is 10.9. The third-order valence-electron chi connectivity index (χ3n) is 3.22. The Balaban J connectivity index is 1.78. The molecule has 6 nitrogen and oxygen atoms in total. The Bertz CT molecular complexity index is 847. The van der Waals surface area contributed by atoms with Crippen LogP contribution in [0.4, 0.5) is 5.69 Å². The second-order valence-electron chi connectivity index (χ2n) is 4.60. The van der Waals surface area contributed by atoms with Gasteiger partial charge in [0.15, 0.2) is 17.3 Å². The lowest BCUT2D eigenvalue weighted by Gasteiger charge is -2.05. The van der Waals surface area contributed by atoms with Crippen molar-refractivity contribution in [1.82, 2.24) is 9.97 Å². The molecule has 0 spiro atoms. The first-order valence-corrected chi connectivity index (χ1v) is 6.46. The van der Waals surface area contributed by atoms with E-state index < -0.39 is 0 Å². The van der Waals surface area contributed by atoms with Crippen LogP contribution in [0, 0.1) is 5.41 Å².